The summed E-state index contributed by atoms with van der Waals surface area (Å²) in [4.78, 5) is 0. The van der Waals surface area contributed by atoms with Crippen molar-refractivity contribution in [1.82, 2.24) is 5.32 Å². The van der Waals surface area contributed by atoms with E-state index in [1.807, 2.05) is 0 Å². The van der Waals surface area contributed by atoms with Gasteiger partial charge in [0.25, 0.3) is 0 Å². The molecule has 1 atom stereocenters. The van der Waals surface area contributed by atoms with Crippen LogP contribution in [0.1, 0.15) is 26.7 Å². The summed E-state index contributed by atoms with van der Waals surface area (Å²) in [6, 6.07) is 0.500. The van der Waals surface area contributed by atoms with Gasteiger partial charge in [0, 0.05) is 6.04 Å². The number of aliphatic hydroxyl groups excluding tert-OH is 1. The van der Waals surface area contributed by atoms with E-state index >= 15 is 0 Å². The minimum absolute atomic E-state index is 0.230. The molecule has 0 rings (SSSR count). The smallest absolute Gasteiger partial charge is 0.0564 e. The van der Waals surface area contributed by atoms with Crippen LogP contribution >= 0.6 is 0 Å². The van der Waals surface area contributed by atoms with E-state index in [1.54, 1.807) is 0 Å². The van der Waals surface area contributed by atoms with Crippen LogP contribution in [0.3, 0.4) is 0 Å². The van der Waals surface area contributed by atoms with Gasteiger partial charge in [-0.3, -0.25) is 0 Å². The van der Waals surface area contributed by atoms with Crippen molar-refractivity contribution >= 4 is 0 Å². The molecule has 3 heteroatoms. The lowest BCUT2D eigenvalue weighted by Crippen LogP contribution is -2.27. The molecule has 0 aromatic carbocycles. The van der Waals surface area contributed by atoms with Gasteiger partial charge in [-0.2, -0.15) is 0 Å². The van der Waals surface area contributed by atoms with Crippen molar-refractivity contribution in [2.24, 2.45) is 5.73 Å². The molecule has 11 heavy (non-hydrogen) atoms. The van der Waals surface area contributed by atoms with Crippen molar-refractivity contribution in [3.05, 3.63) is 0 Å². The first kappa shape index (κ1) is 10.9. The van der Waals surface area contributed by atoms with Gasteiger partial charge in [-0.05, 0) is 25.9 Å². The molecule has 0 saturated heterocycles. The van der Waals surface area contributed by atoms with Crippen LogP contribution < -0.4 is 11.1 Å². The highest BCUT2D eigenvalue weighted by atomic mass is 16.3. The zero-order chi connectivity index (χ0) is 8.69. The van der Waals surface area contributed by atoms with Gasteiger partial charge < -0.3 is 16.2 Å². The van der Waals surface area contributed by atoms with Gasteiger partial charge in [-0.15, -0.1) is 0 Å². The van der Waals surface area contributed by atoms with Crippen LogP contribution in [0.2, 0.25) is 0 Å². The lowest BCUT2D eigenvalue weighted by atomic mass is 10.2. The average Bonchev–Trinajstić information content (AvgIpc) is 1.87. The molecule has 0 aliphatic rings. The number of hydrogen-bond acceptors (Lipinski definition) is 3. The molecule has 0 saturated carbocycles. The molecule has 68 valence electrons. The molecule has 0 aliphatic heterocycles. The minimum atomic E-state index is -0.230. The number of nitrogens with one attached hydrogen (secondary N) is 1. The molecule has 0 bridgehead atoms. The fourth-order valence-electron chi connectivity index (χ4n) is 0.875. The van der Waals surface area contributed by atoms with Crippen LogP contribution in [0.25, 0.3) is 0 Å². The number of hydrogen-bond donors (Lipinski definition) is 3. The van der Waals surface area contributed by atoms with E-state index in [-0.39, 0.29) is 6.10 Å². The second kappa shape index (κ2) is 6.58. The van der Waals surface area contributed by atoms with Crippen LogP contribution in [-0.4, -0.2) is 30.3 Å². The van der Waals surface area contributed by atoms with Crippen LogP contribution in [-0.2, 0) is 0 Å². The maximum Gasteiger partial charge on any atom is 0.0564 e. The van der Waals surface area contributed by atoms with Crippen LogP contribution in [0.15, 0.2) is 0 Å². The first-order valence-corrected chi connectivity index (χ1v) is 4.28. The molecule has 1 unspecified atom stereocenters. The average molecular weight is 160 g/mol. The number of aliphatic hydroxyl groups is 1. The second-order valence-corrected chi connectivity index (χ2v) is 3.13. The molecule has 0 fully saturated rings. The Morgan fingerprint density at radius 3 is 2.45 bits per heavy atom. The molecule has 0 heterocycles. The van der Waals surface area contributed by atoms with Gasteiger partial charge in [-0.1, -0.05) is 13.8 Å². The molecule has 0 aliphatic carbocycles. The van der Waals surface area contributed by atoms with Crippen LogP contribution in [0.5, 0.6) is 0 Å². The fourth-order valence-corrected chi connectivity index (χ4v) is 0.875. The third-order valence-electron chi connectivity index (χ3n) is 1.53. The Balaban J connectivity index is 3.10. The maximum absolute atomic E-state index is 9.24. The third-order valence-corrected chi connectivity index (χ3v) is 1.53. The highest BCUT2D eigenvalue weighted by Crippen LogP contribution is 1.94. The molecular weight excluding hydrogens is 140 g/mol. The summed E-state index contributed by atoms with van der Waals surface area (Å²) in [6.07, 6.45) is 1.28. The summed E-state index contributed by atoms with van der Waals surface area (Å²) in [5, 5.41) is 12.5. The first-order valence-electron chi connectivity index (χ1n) is 4.28. The Labute approximate surface area is 69.0 Å². The third kappa shape index (κ3) is 7.78. The summed E-state index contributed by atoms with van der Waals surface area (Å²) in [5.41, 5.74) is 5.28. The minimum Gasteiger partial charge on any atom is -0.393 e. The Morgan fingerprint density at radius 2 is 2.00 bits per heavy atom. The van der Waals surface area contributed by atoms with Gasteiger partial charge in [0.2, 0.25) is 0 Å². The fraction of sp³-hybridized carbons (Fsp3) is 1.00. The zero-order valence-corrected chi connectivity index (χ0v) is 7.51. The molecular formula is C8H20N2O. The Hall–Kier alpha value is -0.120. The van der Waals surface area contributed by atoms with Crippen LogP contribution in [0.4, 0.5) is 0 Å². The summed E-state index contributed by atoms with van der Waals surface area (Å²) < 4.78 is 0. The molecule has 3 nitrogen and oxygen atoms in total. The largest absolute Gasteiger partial charge is 0.393 e. The number of rotatable bonds is 6. The summed E-state index contributed by atoms with van der Waals surface area (Å²) >= 11 is 0. The molecule has 0 radical (unpaired) electrons. The maximum atomic E-state index is 9.24. The number of nitrogens with two attached hydrogens (primary N) is 1. The molecule has 0 aromatic rings. The van der Waals surface area contributed by atoms with Crippen molar-refractivity contribution < 1.29 is 5.11 Å². The molecule has 4 N–H and O–H groups in total. The first-order chi connectivity index (χ1) is 5.16. The van der Waals surface area contributed by atoms with Crippen molar-refractivity contribution in [2.45, 2.75) is 38.8 Å². The van der Waals surface area contributed by atoms with Gasteiger partial charge >= 0.3 is 0 Å². The summed E-state index contributed by atoms with van der Waals surface area (Å²) in [7, 11) is 0. The van der Waals surface area contributed by atoms with E-state index in [4.69, 9.17) is 5.73 Å². The predicted octanol–water partition coefficient (Wildman–Crippen LogP) is 0.0842. The molecule has 0 aromatic heterocycles. The molecule has 0 spiro atoms. The Morgan fingerprint density at radius 1 is 1.36 bits per heavy atom. The lowest BCUT2D eigenvalue weighted by molar-refractivity contribution is 0.156. The standard InChI is InChI=1S/C8H20N2O/c1-7(2)10-6-4-8(11)3-5-9/h7-8,10-11H,3-6,9H2,1-2H3. The monoisotopic (exact) mass is 160 g/mol. The van der Waals surface area contributed by atoms with E-state index < -0.39 is 0 Å². The van der Waals surface area contributed by atoms with Gasteiger partial charge in [0.1, 0.15) is 0 Å². The topological polar surface area (TPSA) is 58.3 Å². The van der Waals surface area contributed by atoms with Crippen molar-refractivity contribution in [2.75, 3.05) is 13.1 Å². The SMILES string of the molecule is CC(C)NCCC(O)CCN. The lowest BCUT2D eigenvalue weighted by Gasteiger charge is -2.11. The van der Waals surface area contributed by atoms with E-state index in [1.165, 1.54) is 0 Å². The Bertz CT molecular complexity index is 86.2. The zero-order valence-electron chi connectivity index (χ0n) is 7.51. The molecule has 0 amide bonds. The van der Waals surface area contributed by atoms with E-state index in [9.17, 15) is 5.11 Å². The Kier molecular flexibility index (Phi) is 6.51. The predicted molar refractivity (Wildman–Crippen MR) is 47.4 cm³/mol. The van der Waals surface area contributed by atoms with Gasteiger partial charge in [-0.25, -0.2) is 0 Å². The van der Waals surface area contributed by atoms with Crippen LogP contribution in [0, 0.1) is 0 Å². The van der Waals surface area contributed by atoms with E-state index in [0.717, 1.165) is 13.0 Å². The van der Waals surface area contributed by atoms with Gasteiger partial charge in [0.05, 0.1) is 6.10 Å². The highest BCUT2D eigenvalue weighted by Gasteiger charge is 2.01. The normalized spacial score (nSPS) is 13.9. The highest BCUT2D eigenvalue weighted by molar-refractivity contribution is 4.60. The van der Waals surface area contributed by atoms with E-state index in [2.05, 4.69) is 19.2 Å². The van der Waals surface area contributed by atoms with Crippen molar-refractivity contribution in [3.8, 4) is 0 Å². The quantitative estimate of drug-likeness (QED) is 0.516. The summed E-state index contributed by atoms with van der Waals surface area (Å²) in [6.45, 7) is 5.63. The van der Waals surface area contributed by atoms with Gasteiger partial charge in [0.15, 0.2) is 0 Å². The van der Waals surface area contributed by atoms with Crippen molar-refractivity contribution in [3.63, 3.8) is 0 Å². The van der Waals surface area contributed by atoms with Crippen molar-refractivity contribution in [1.29, 1.82) is 0 Å². The second-order valence-electron chi connectivity index (χ2n) is 3.13. The van der Waals surface area contributed by atoms with E-state index in [0.29, 0.717) is 19.0 Å². The summed E-state index contributed by atoms with van der Waals surface area (Å²) in [5.74, 6) is 0.